The fourth-order valence-electron chi connectivity index (χ4n) is 3.86. The lowest BCUT2D eigenvalue weighted by Crippen LogP contribution is -2.56. The quantitative estimate of drug-likeness (QED) is 0.624. The molecule has 0 saturated heterocycles. The molecule has 0 atom stereocenters. The molecule has 2 aliphatic rings. The Morgan fingerprint density at radius 2 is 1.73 bits per heavy atom. The number of hydrogen-bond acceptors (Lipinski definition) is 3. The summed E-state index contributed by atoms with van der Waals surface area (Å²) in [5, 5.41) is 23.4. The van der Waals surface area contributed by atoms with Crippen LogP contribution in [0.3, 0.4) is 0 Å². The van der Waals surface area contributed by atoms with Crippen molar-refractivity contribution in [3.63, 3.8) is 0 Å². The molecule has 1 fully saturated rings. The second-order valence-electron chi connectivity index (χ2n) is 7.15. The van der Waals surface area contributed by atoms with Crippen LogP contribution in [-0.2, 0) is 4.79 Å². The summed E-state index contributed by atoms with van der Waals surface area (Å²) in [6.45, 7) is 3.60. The molecule has 3 N–H and O–H groups in total. The van der Waals surface area contributed by atoms with E-state index >= 15 is 0 Å². The second kappa shape index (κ2) is 5.99. The Kier molecular flexibility index (Phi) is 4.43. The molecule has 1 spiro atoms. The van der Waals surface area contributed by atoms with Gasteiger partial charge in [-0.05, 0) is 62.3 Å². The van der Waals surface area contributed by atoms with Crippen molar-refractivity contribution >= 4 is 27.4 Å². The molecule has 1 amide bonds. The molecule has 0 unspecified atom stereocenters. The van der Waals surface area contributed by atoms with Crippen molar-refractivity contribution in [2.24, 2.45) is 0 Å². The van der Waals surface area contributed by atoms with Crippen LogP contribution in [0.2, 0.25) is 0 Å². The Hall–Kier alpha value is -1.54. The Labute approximate surface area is 157 Å². The van der Waals surface area contributed by atoms with Gasteiger partial charge in [0.15, 0.2) is 5.60 Å². The molecule has 1 saturated carbocycles. The number of rotatable bonds is 1. The van der Waals surface area contributed by atoms with E-state index in [-0.39, 0.29) is 24.2 Å². The molecule has 1 aliphatic carbocycles. The first-order valence-electron chi connectivity index (χ1n) is 8.23. The minimum Gasteiger partial charge on any atom is -0.509 e. The third kappa shape index (κ3) is 2.74. The van der Waals surface area contributed by atoms with E-state index in [1.54, 1.807) is 19.9 Å². The average Bonchev–Trinajstić information content (AvgIpc) is 2.78. The van der Waals surface area contributed by atoms with Crippen LogP contribution in [0.15, 0.2) is 22.4 Å². The lowest BCUT2D eigenvalue weighted by Gasteiger charge is -2.42. The number of benzene rings is 1. The highest BCUT2D eigenvalue weighted by Crippen LogP contribution is 2.49. The van der Waals surface area contributed by atoms with E-state index in [0.717, 1.165) is 15.6 Å². The summed E-state index contributed by atoms with van der Waals surface area (Å²) in [4.78, 5) is 12.6. The van der Waals surface area contributed by atoms with Gasteiger partial charge in [0.2, 0.25) is 0 Å². The number of alkyl halides is 3. The van der Waals surface area contributed by atoms with Crippen molar-refractivity contribution in [3.8, 4) is 0 Å². The average molecular weight is 434 g/mol. The molecule has 1 heterocycles. The third-order valence-corrected chi connectivity index (χ3v) is 6.44. The van der Waals surface area contributed by atoms with Gasteiger partial charge in [-0.15, -0.1) is 0 Å². The molecule has 142 valence electrons. The molecule has 1 aromatic carbocycles. The van der Waals surface area contributed by atoms with E-state index in [1.807, 2.05) is 6.07 Å². The highest BCUT2D eigenvalue weighted by molar-refractivity contribution is 9.10. The largest absolute Gasteiger partial charge is 0.509 e. The van der Waals surface area contributed by atoms with Crippen LogP contribution in [0.4, 0.5) is 13.2 Å². The number of carbonyl (C=O) groups excluding carboxylic acids is 1. The zero-order chi connectivity index (χ0) is 19.5. The van der Waals surface area contributed by atoms with Crippen LogP contribution in [0.1, 0.15) is 42.4 Å². The van der Waals surface area contributed by atoms with Crippen molar-refractivity contribution < 1.29 is 28.2 Å². The molecule has 4 nitrogen and oxygen atoms in total. The van der Waals surface area contributed by atoms with Crippen LogP contribution in [0, 0.1) is 13.8 Å². The predicted octanol–water partition coefficient (Wildman–Crippen LogP) is 4.07. The zero-order valence-electron chi connectivity index (χ0n) is 14.3. The van der Waals surface area contributed by atoms with Gasteiger partial charge in [0.1, 0.15) is 5.76 Å². The second-order valence-corrected chi connectivity index (χ2v) is 8.01. The fourth-order valence-corrected chi connectivity index (χ4v) is 4.19. The standard InChI is InChI=1S/C18H19BrF3NO3/c1-9-3-4-11(19)10(2)12(9)13-14(24)16(23-15(13)25)5-7-17(26,8-6-16)18(20,21)22/h3-4,24,26H,5-8H2,1-2H3,(H,23,25)/t16-,17-. The summed E-state index contributed by atoms with van der Waals surface area (Å²) < 4.78 is 39.9. The third-order valence-electron chi connectivity index (χ3n) is 5.59. The normalized spacial score (nSPS) is 29.4. The van der Waals surface area contributed by atoms with Crippen molar-refractivity contribution in [2.75, 3.05) is 0 Å². The van der Waals surface area contributed by atoms with Gasteiger partial charge in [0.25, 0.3) is 5.91 Å². The van der Waals surface area contributed by atoms with Crippen LogP contribution < -0.4 is 5.32 Å². The molecule has 26 heavy (non-hydrogen) atoms. The minimum atomic E-state index is -4.74. The Balaban J connectivity index is 2.03. The number of hydrogen-bond donors (Lipinski definition) is 3. The maximum atomic E-state index is 13.0. The Morgan fingerprint density at radius 1 is 1.15 bits per heavy atom. The summed E-state index contributed by atoms with van der Waals surface area (Å²) in [6, 6.07) is 3.63. The lowest BCUT2D eigenvalue weighted by molar-refractivity contribution is -0.272. The van der Waals surface area contributed by atoms with E-state index in [1.165, 1.54) is 0 Å². The number of halogens is 4. The topological polar surface area (TPSA) is 69.6 Å². The van der Waals surface area contributed by atoms with E-state index < -0.39 is 36.1 Å². The molecule has 0 radical (unpaired) electrons. The summed E-state index contributed by atoms with van der Waals surface area (Å²) in [5.74, 6) is -0.750. The number of nitrogens with one attached hydrogen (secondary N) is 1. The van der Waals surface area contributed by atoms with Gasteiger partial charge in [-0.1, -0.05) is 22.0 Å². The molecule has 1 aromatic rings. The predicted molar refractivity (Wildman–Crippen MR) is 93.5 cm³/mol. The van der Waals surface area contributed by atoms with E-state index in [9.17, 15) is 28.2 Å². The molecule has 3 rings (SSSR count). The van der Waals surface area contributed by atoms with Crippen molar-refractivity contribution in [1.82, 2.24) is 5.32 Å². The van der Waals surface area contributed by atoms with E-state index in [4.69, 9.17) is 0 Å². The highest BCUT2D eigenvalue weighted by atomic mass is 79.9. The number of aliphatic hydroxyl groups excluding tert-OH is 1. The van der Waals surface area contributed by atoms with Gasteiger partial charge >= 0.3 is 6.18 Å². The van der Waals surface area contributed by atoms with Gasteiger partial charge in [0.05, 0.1) is 11.1 Å². The molecule has 1 aliphatic heterocycles. The Bertz CT molecular complexity index is 809. The maximum Gasteiger partial charge on any atom is 0.417 e. The van der Waals surface area contributed by atoms with Gasteiger partial charge < -0.3 is 15.5 Å². The molecule has 0 aromatic heterocycles. The van der Waals surface area contributed by atoms with E-state index in [2.05, 4.69) is 21.2 Å². The van der Waals surface area contributed by atoms with Crippen molar-refractivity contribution in [3.05, 3.63) is 39.1 Å². The molecule has 0 bridgehead atoms. The van der Waals surface area contributed by atoms with Crippen molar-refractivity contribution in [2.45, 2.75) is 56.8 Å². The molecular weight excluding hydrogens is 415 g/mol. The first kappa shape index (κ1) is 19.2. The number of aliphatic hydroxyl groups is 2. The summed E-state index contributed by atoms with van der Waals surface area (Å²) in [7, 11) is 0. The van der Waals surface area contributed by atoms with Crippen molar-refractivity contribution in [1.29, 1.82) is 0 Å². The summed E-state index contributed by atoms with van der Waals surface area (Å²) in [6.07, 6.45) is -6.27. The molecular formula is C18H19BrF3NO3. The van der Waals surface area contributed by atoms with Crippen LogP contribution in [-0.4, -0.2) is 33.4 Å². The highest BCUT2D eigenvalue weighted by Gasteiger charge is 2.60. The fraction of sp³-hybridized carbons (Fsp3) is 0.500. The van der Waals surface area contributed by atoms with Crippen LogP contribution >= 0.6 is 15.9 Å². The summed E-state index contributed by atoms with van der Waals surface area (Å²) >= 11 is 3.40. The zero-order valence-corrected chi connectivity index (χ0v) is 15.9. The number of carbonyl (C=O) groups is 1. The van der Waals surface area contributed by atoms with Crippen LogP contribution in [0.25, 0.3) is 5.57 Å². The van der Waals surface area contributed by atoms with Gasteiger partial charge in [-0.25, -0.2) is 0 Å². The van der Waals surface area contributed by atoms with Gasteiger partial charge in [-0.2, -0.15) is 13.2 Å². The lowest BCUT2D eigenvalue weighted by atomic mass is 9.73. The maximum absolute atomic E-state index is 13.0. The first-order chi connectivity index (χ1) is 11.9. The SMILES string of the molecule is Cc1ccc(Br)c(C)c1C1=C(O)[C@]2(CC[C@](O)(C(F)(F)F)CC2)NC1=O. The first-order valence-corrected chi connectivity index (χ1v) is 9.03. The minimum absolute atomic E-state index is 0.0961. The molecule has 8 heteroatoms. The van der Waals surface area contributed by atoms with Crippen LogP contribution in [0.5, 0.6) is 0 Å². The van der Waals surface area contributed by atoms with Gasteiger partial charge in [-0.3, -0.25) is 4.79 Å². The number of aryl methyl sites for hydroxylation is 1. The van der Waals surface area contributed by atoms with E-state index in [0.29, 0.717) is 5.56 Å². The number of amides is 1. The smallest absolute Gasteiger partial charge is 0.417 e. The Morgan fingerprint density at radius 3 is 2.27 bits per heavy atom. The summed E-state index contributed by atoms with van der Waals surface area (Å²) in [5.41, 5.74) is -1.83. The van der Waals surface area contributed by atoms with Gasteiger partial charge in [0, 0.05) is 4.47 Å². The monoisotopic (exact) mass is 433 g/mol.